The molecule has 1 amide bonds. The van der Waals surface area contributed by atoms with Gasteiger partial charge in [0.25, 0.3) is 0 Å². The summed E-state index contributed by atoms with van der Waals surface area (Å²) in [5.41, 5.74) is 0. The number of hydrogen-bond donors (Lipinski definition) is 2. The van der Waals surface area contributed by atoms with Crippen molar-refractivity contribution in [3.63, 3.8) is 0 Å². The maximum atomic E-state index is 11.6. The number of methoxy groups -OCH3 is 1. The first kappa shape index (κ1) is 15.4. The molecule has 1 unspecified atom stereocenters. The summed E-state index contributed by atoms with van der Waals surface area (Å²) in [5.74, 6) is 0.145. The van der Waals surface area contributed by atoms with Gasteiger partial charge in [-0.15, -0.1) is 0 Å². The van der Waals surface area contributed by atoms with E-state index in [4.69, 9.17) is 9.47 Å². The molecule has 0 spiro atoms. The Morgan fingerprint density at radius 2 is 2.22 bits per heavy atom. The van der Waals surface area contributed by atoms with E-state index in [0.29, 0.717) is 38.8 Å². The van der Waals surface area contributed by atoms with Gasteiger partial charge in [-0.05, 0) is 25.8 Å². The molecule has 1 heterocycles. The zero-order valence-corrected chi connectivity index (χ0v) is 11.4. The summed E-state index contributed by atoms with van der Waals surface area (Å²) < 4.78 is 10.2. The summed E-state index contributed by atoms with van der Waals surface area (Å²) in [7, 11) is 1.66. The predicted molar refractivity (Wildman–Crippen MR) is 70.6 cm³/mol. The molecule has 5 nitrogen and oxygen atoms in total. The van der Waals surface area contributed by atoms with Gasteiger partial charge in [-0.2, -0.15) is 0 Å². The normalized spacial score (nSPS) is 19.7. The molecule has 1 fully saturated rings. The first-order valence-corrected chi connectivity index (χ1v) is 6.89. The van der Waals surface area contributed by atoms with E-state index in [2.05, 4.69) is 10.6 Å². The molecule has 1 aliphatic rings. The van der Waals surface area contributed by atoms with Gasteiger partial charge in [0.15, 0.2) is 0 Å². The summed E-state index contributed by atoms with van der Waals surface area (Å²) >= 11 is 0. The van der Waals surface area contributed by atoms with Crippen molar-refractivity contribution in [3.05, 3.63) is 0 Å². The molecule has 1 saturated heterocycles. The topological polar surface area (TPSA) is 59.6 Å². The van der Waals surface area contributed by atoms with Crippen molar-refractivity contribution in [1.29, 1.82) is 0 Å². The van der Waals surface area contributed by atoms with Crippen LogP contribution in [0.15, 0.2) is 0 Å². The van der Waals surface area contributed by atoms with E-state index < -0.39 is 0 Å². The molecule has 1 atom stereocenters. The van der Waals surface area contributed by atoms with E-state index in [9.17, 15) is 4.79 Å². The van der Waals surface area contributed by atoms with E-state index in [0.717, 1.165) is 19.4 Å². The van der Waals surface area contributed by atoms with E-state index in [1.54, 1.807) is 7.11 Å². The second-order valence-corrected chi connectivity index (χ2v) is 4.66. The van der Waals surface area contributed by atoms with Crippen molar-refractivity contribution in [2.45, 2.75) is 38.1 Å². The molecule has 18 heavy (non-hydrogen) atoms. The van der Waals surface area contributed by atoms with Crippen molar-refractivity contribution in [3.8, 4) is 0 Å². The van der Waals surface area contributed by atoms with Gasteiger partial charge in [0.2, 0.25) is 5.91 Å². The Kier molecular flexibility index (Phi) is 8.81. The largest absolute Gasteiger partial charge is 0.382 e. The van der Waals surface area contributed by atoms with Crippen LogP contribution in [0.3, 0.4) is 0 Å². The average Bonchev–Trinajstić information content (AvgIpc) is 2.39. The van der Waals surface area contributed by atoms with Gasteiger partial charge in [0.1, 0.15) is 0 Å². The zero-order chi connectivity index (χ0) is 13.1. The highest BCUT2D eigenvalue weighted by Crippen LogP contribution is 2.09. The van der Waals surface area contributed by atoms with Crippen LogP contribution in [0.4, 0.5) is 0 Å². The fourth-order valence-electron chi connectivity index (χ4n) is 2.04. The fraction of sp³-hybridized carbons (Fsp3) is 0.923. The molecule has 1 rings (SSSR count). The fourth-order valence-corrected chi connectivity index (χ4v) is 2.04. The number of hydrogen-bond acceptors (Lipinski definition) is 4. The zero-order valence-electron chi connectivity index (χ0n) is 11.4. The third kappa shape index (κ3) is 7.63. The van der Waals surface area contributed by atoms with E-state index >= 15 is 0 Å². The molecule has 0 bridgehead atoms. The van der Waals surface area contributed by atoms with E-state index in [-0.39, 0.29) is 5.91 Å². The van der Waals surface area contributed by atoms with Crippen LogP contribution in [0.25, 0.3) is 0 Å². The number of piperidine rings is 1. The number of amides is 1. The minimum atomic E-state index is 0.145. The summed E-state index contributed by atoms with van der Waals surface area (Å²) in [4.78, 5) is 11.6. The van der Waals surface area contributed by atoms with Crippen molar-refractivity contribution in [2.75, 3.05) is 40.0 Å². The van der Waals surface area contributed by atoms with Crippen molar-refractivity contribution >= 4 is 5.91 Å². The first-order chi connectivity index (χ1) is 8.83. The standard InChI is InChI=1S/C13H26N2O3/c1-17-9-10-18-8-4-7-15-13(16)11-12-5-2-3-6-14-12/h12,14H,2-11H2,1H3,(H,15,16). The third-order valence-electron chi connectivity index (χ3n) is 3.06. The lowest BCUT2D eigenvalue weighted by Gasteiger charge is -2.22. The van der Waals surface area contributed by atoms with Gasteiger partial charge >= 0.3 is 0 Å². The second-order valence-electron chi connectivity index (χ2n) is 4.66. The molecule has 5 heteroatoms. The highest BCUT2D eigenvalue weighted by atomic mass is 16.5. The van der Waals surface area contributed by atoms with Crippen LogP contribution in [0.1, 0.15) is 32.1 Å². The number of ether oxygens (including phenoxy) is 2. The Labute approximate surface area is 110 Å². The minimum absolute atomic E-state index is 0.145. The first-order valence-electron chi connectivity index (χ1n) is 6.89. The Bertz CT molecular complexity index is 218. The van der Waals surface area contributed by atoms with Crippen molar-refractivity contribution in [1.82, 2.24) is 10.6 Å². The predicted octanol–water partition coefficient (Wildman–Crippen LogP) is 0.688. The van der Waals surface area contributed by atoms with Gasteiger partial charge < -0.3 is 20.1 Å². The van der Waals surface area contributed by atoms with Gasteiger partial charge in [-0.1, -0.05) is 6.42 Å². The average molecular weight is 258 g/mol. The van der Waals surface area contributed by atoms with Crippen LogP contribution in [-0.2, 0) is 14.3 Å². The van der Waals surface area contributed by atoms with E-state index in [1.807, 2.05) is 0 Å². The summed E-state index contributed by atoms with van der Waals surface area (Å²) in [6.07, 6.45) is 5.04. The van der Waals surface area contributed by atoms with Gasteiger partial charge in [0.05, 0.1) is 13.2 Å². The van der Waals surface area contributed by atoms with Crippen LogP contribution >= 0.6 is 0 Å². The van der Waals surface area contributed by atoms with Crippen molar-refractivity contribution < 1.29 is 14.3 Å². The molecule has 0 radical (unpaired) electrons. The van der Waals surface area contributed by atoms with Gasteiger partial charge in [0, 0.05) is 32.7 Å². The summed E-state index contributed by atoms with van der Waals surface area (Å²) in [6, 6.07) is 0.372. The molecular formula is C13H26N2O3. The van der Waals surface area contributed by atoms with Crippen LogP contribution in [0.2, 0.25) is 0 Å². The lowest BCUT2D eigenvalue weighted by atomic mass is 10.0. The molecule has 0 saturated carbocycles. The third-order valence-corrected chi connectivity index (χ3v) is 3.06. The minimum Gasteiger partial charge on any atom is -0.382 e. The van der Waals surface area contributed by atoms with Crippen molar-refractivity contribution in [2.24, 2.45) is 0 Å². The molecule has 0 aromatic carbocycles. The monoisotopic (exact) mass is 258 g/mol. The molecule has 106 valence electrons. The molecule has 1 aliphatic heterocycles. The Morgan fingerprint density at radius 1 is 1.33 bits per heavy atom. The molecule has 2 N–H and O–H groups in total. The summed E-state index contributed by atoms with van der Waals surface area (Å²) in [6.45, 7) is 3.66. The van der Waals surface area contributed by atoms with Crippen LogP contribution in [0.5, 0.6) is 0 Å². The lowest BCUT2D eigenvalue weighted by molar-refractivity contribution is -0.121. The molecule has 0 aromatic heterocycles. The highest BCUT2D eigenvalue weighted by Gasteiger charge is 2.15. The number of carbonyl (C=O) groups excluding carboxylic acids is 1. The summed E-state index contributed by atoms with van der Waals surface area (Å²) in [5, 5.41) is 6.31. The van der Waals surface area contributed by atoms with Crippen LogP contribution in [0, 0.1) is 0 Å². The van der Waals surface area contributed by atoms with Crippen LogP contribution < -0.4 is 10.6 Å². The Balaban J connectivity index is 1.90. The quantitative estimate of drug-likeness (QED) is 0.597. The Hall–Kier alpha value is -0.650. The number of rotatable bonds is 9. The Morgan fingerprint density at radius 3 is 2.94 bits per heavy atom. The van der Waals surface area contributed by atoms with Crippen LogP contribution in [-0.4, -0.2) is 52.0 Å². The second kappa shape index (κ2) is 10.3. The smallest absolute Gasteiger partial charge is 0.221 e. The number of nitrogens with one attached hydrogen (secondary N) is 2. The molecular weight excluding hydrogens is 232 g/mol. The molecule has 0 aromatic rings. The maximum absolute atomic E-state index is 11.6. The highest BCUT2D eigenvalue weighted by molar-refractivity contribution is 5.76. The molecule has 0 aliphatic carbocycles. The lowest BCUT2D eigenvalue weighted by Crippen LogP contribution is -2.39. The van der Waals surface area contributed by atoms with Gasteiger partial charge in [-0.3, -0.25) is 4.79 Å². The van der Waals surface area contributed by atoms with Gasteiger partial charge in [-0.25, -0.2) is 0 Å². The number of carbonyl (C=O) groups is 1. The van der Waals surface area contributed by atoms with E-state index in [1.165, 1.54) is 12.8 Å². The maximum Gasteiger partial charge on any atom is 0.221 e. The SMILES string of the molecule is COCCOCCCNC(=O)CC1CCCCN1.